The zero-order valence-corrected chi connectivity index (χ0v) is 12.2. The Morgan fingerprint density at radius 2 is 1.90 bits per heavy atom. The lowest BCUT2D eigenvalue weighted by molar-refractivity contribution is -0.131. The minimum Gasteiger partial charge on any atom is -0.494 e. The summed E-state index contributed by atoms with van der Waals surface area (Å²) >= 11 is 0. The van der Waals surface area contributed by atoms with Gasteiger partial charge in [0.05, 0.1) is 6.61 Å². The summed E-state index contributed by atoms with van der Waals surface area (Å²) in [7, 11) is 0. The topological polar surface area (TPSA) is 41.6 Å². The standard InChI is InChI=1S/C16H24N2O2/c1-2-20-15-8-6-14(7-9-15)17-11-10-16(19)18-12-4-3-5-13-18/h6-9,17H,2-5,10-13H2,1H3. The number of carbonyl (C=O) groups excluding carboxylic acids is 1. The monoisotopic (exact) mass is 276 g/mol. The fraction of sp³-hybridized carbons (Fsp3) is 0.562. The number of likely N-dealkylation sites (tertiary alicyclic amines) is 1. The first-order valence-corrected chi connectivity index (χ1v) is 7.54. The highest BCUT2D eigenvalue weighted by atomic mass is 16.5. The summed E-state index contributed by atoms with van der Waals surface area (Å²) in [5, 5.41) is 3.28. The van der Waals surface area contributed by atoms with Gasteiger partial charge in [0.1, 0.15) is 5.75 Å². The van der Waals surface area contributed by atoms with Crippen molar-refractivity contribution in [1.82, 2.24) is 4.90 Å². The van der Waals surface area contributed by atoms with Crippen molar-refractivity contribution in [1.29, 1.82) is 0 Å². The molecule has 0 saturated carbocycles. The van der Waals surface area contributed by atoms with Crippen molar-refractivity contribution in [3.8, 4) is 5.75 Å². The van der Waals surface area contributed by atoms with E-state index in [1.807, 2.05) is 36.1 Å². The van der Waals surface area contributed by atoms with Crippen molar-refractivity contribution in [2.75, 3.05) is 31.6 Å². The maximum Gasteiger partial charge on any atom is 0.224 e. The van der Waals surface area contributed by atoms with E-state index in [-0.39, 0.29) is 5.91 Å². The molecule has 0 bridgehead atoms. The summed E-state index contributed by atoms with van der Waals surface area (Å²) in [6, 6.07) is 7.85. The lowest BCUT2D eigenvalue weighted by Crippen LogP contribution is -2.36. The Kier molecular flexibility index (Phi) is 5.71. The van der Waals surface area contributed by atoms with E-state index in [9.17, 15) is 4.79 Å². The molecular formula is C16H24N2O2. The fourth-order valence-corrected chi connectivity index (χ4v) is 2.45. The Hall–Kier alpha value is -1.71. The van der Waals surface area contributed by atoms with Gasteiger partial charge in [-0.25, -0.2) is 0 Å². The number of rotatable bonds is 6. The summed E-state index contributed by atoms with van der Waals surface area (Å²) in [5.74, 6) is 1.14. The Labute approximate surface area is 121 Å². The highest BCUT2D eigenvalue weighted by Crippen LogP contribution is 2.16. The second-order valence-electron chi connectivity index (χ2n) is 5.08. The molecule has 2 rings (SSSR count). The van der Waals surface area contributed by atoms with Crippen LogP contribution in [0.25, 0.3) is 0 Å². The van der Waals surface area contributed by atoms with Gasteiger partial charge in [0.25, 0.3) is 0 Å². The van der Waals surface area contributed by atoms with Gasteiger partial charge in [-0.3, -0.25) is 4.79 Å². The highest BCUT2D eigenvalue weighted by Gasteiger charge is 2.15. The maximum absolute atomic E-state index is 12.0. The molecule has 110 valence electrons. The van der Waals surface area contributed by atoms with Crippen LogP contribution in [0.1, 0.15) is 32.6 Å². The first-order chi connectivity index (χ1) is 9.79. The fourth-order valence-electron chi connectivity index (χ4n) is 2.45. The quantitative estimate of drug-likeness (QED) is 0.868. The molecule has 0 unspecified atom stereocenters. The van der Waals surface area contributed by atoms with Gasteiger partial charge in [-0.2, -0.15) is 0 Å². The molecule has 1 heterocycles. The molecule has 0 radical (unpaired) electrons. The number of carbonyl (C=O) groups is 1. The molecule has 20 heavy (non-hydrogen) atoms. The molecule has 0 spiro atoms. The number of nitrogens with one attached hydrogen (secondary N) is 1. The molecule has 1 aromatic carbocycles. The number of benzene rings is 1. The number of hydrogen-bond acceptors (Lipinski definition) is 3. The lowest BCUT2D eigenvalue weighted by atomic mass is 10.1. The zero-order chi connectivity index (χ0) is 14.2. The van der Waals surface area contributed by atoms with Crippen LogP contribution in [-0.4, -0.2) is 37.0 Å². The zero-order valence-electron chi connectivity index (χ0n) is 12.2. The lowest BCUT2D eigenvalue weighted by Gasteiger charge is -2.26. The van der Waals surface area contributed by atoms with Crippen LogP contribution < -0.4 is 10.1 Å². The molecule has 4 nitrogen and oxygen atoms in total. The number of piperidine rings is 1. The molecule has 1 saturated heterocycles. The highest BCUT2D eigenvalue weighted by molar-refractivity contribution is 5.76. The Balaban J connectivity index is 1.70. The van der Waals surface area contributed by atoms with E-state index in [2.05, 4.69) is 5.32 Å². The molecule has 1 fully saturated rings. The van der Waals surface area contributed by atoms with Gasteiger partial charge in [0, 0.05) is 31.7 Å². The van der Waals surface area contributed by atoms with E-state index < -0.39 is 0 Å². The maximum atomic E-state index is 12.0. The van der Waals surface area contributed by atoms with E-state index in [1.54, 1.807) is 0 Å². The summed E-state index contributed by atoms with van der Waals surface area (Å²) < 4.78 is 5.39. The third-order valence-corrected chi connectivity index (χ3v) is 3.54. The molecular weight excluding hydrogens is 252 g/mol. The van der Waals surface area contributed by atoms with Crippen LogP contribution in [0, 0.1) is 0 Å². The van der Waals surface area contributed by atoms with Gasteiger partial charge in [0.15, 0.2) is 0 Å². The summed E-state index contributed by atoms with van der Waals surface area (Å²) in [6.07, 6.45) is 4.12. The van der Waals surface area contributed by atoms with Gasteiger partial charge in [0.2, 0.25) is 5.91 Å². The Bertz CT molecular complexity index is 411. The average molecular weight is 276 g/mol. The minimum absolute atomic E-state index is 0.267. The predicted octanol–water partition coefficient (Wildman–Crippen LogP) is 2.90. The predicted molar refractivity (Wildman–Crippen MR) is 81.1 cm³/mol. The number of amides is 1. The SMILES string of the molecule is CCOc1ccc(NCCC(=O)N2CCCCC2)cc1. The summed E-state index contributed by atoms with van der Waals surface area (Å²) in [4.78, 5) is 14.0. The van der Waals surface area contributed by atoms with Gasteiger partial charge in [-0.05, 0) is 50.5 Å². The normalized spacial score (nSPS) is 14.9. The van der Waals surface area contributed by atoms with Crippen molar-refractivity contribution in [3.63, 3.8) is 0 Å². The molecule has 0 aromatic heterocycles. The molecule has 1 N–H and O–H groups in total. The third-order valence-electron chi connectivity index (χ3n) is 3.54. The number of hydrogen-bond donors (Lipinski definition) is 1. The van der Waals surface area contributed by atoms with Crippen LogP contribution in [0.4, 0.5) is 5.69 Å². The molecule has 0 aliphatic carbocycles. The molecule has 1 aromatic rings. The van der Waals surface area contributed by atoms with Crippen molar-refractivity contribution in [3.05, 3.63) is 24.3 Å². The summed E-state index contributed by atoms with van der Waals surface area (Å²) in [6.45, 7) is 5.20. The van der Waals surface area contributed by atoms with Gasteiger partial charge >= 0.3 is 0 Å². The molecule has 4 heteroatoms. The first kappa shape index (κ1) is 14.7. The second-order valence-corrected chi connectivity index (χ2v) is 5.08. The molecule has 1 amide bonds. The van der Waals surface area contributed by atoms with E-state index in [4.69, 9.17) is 4.74 Å². The van der Waals surface area contributed by atoms with E-state index in [0.717, 1.165) is 37.4 Å². The van der Waals surface area contributed by atoms with E-state index in [0.29, 0.717) is 19.6 Å². The Morgan fingerprint density at radius 1 is 1.20 bits per heavy atom. The number of nitrogens with zero attached hydrogens (tertiary/aromatic N) is 1. The van der Waals surface area contributed by atoms with Crippen LogP contribution in [-0.2, 0) is 4.79 Å². The van der Waals surface area contributed by atoms with Gasteiger partial charge in [-0.15, -0.1) is 0 Å². The van der Waals surface area contributed by atoms with Gasteiger partial charge in [-0.1, -0.05) is 0 Å². The minimum atomic E-state index is 0.267. The molecule has 1 aliphatic rings. The number of anilines is 1. The Morgan fingerprint density at radius 3 is 2.55 bits per heavy atom. The van der Waals surface area contributed by atoms with Crippen molar-refractivity contribution < 1.29 is 9.53 Å². The van der Waals surface area contributed by atoms with Crippen LogP contribution in [0.3, 0.4) is 0 Å². The van der Waals surface area contributed by atoms with Crippen molar-refractivity contribution in [2.45, 2.75) is 32.6 Å². The van der Waals surface area contributed by atoms with Crippen LogP contribution in [0.2, 0.25) is 0 Å². The van der Waals surface area contributed by atoms with Gasteiger partial charge < -0.3 is 15.0 Å². The van der Waals surface area contributed by atoms with Crippen molar-refractivity contribution in [2.24, 2.45) is 0 Å². The largest absolute Gasteiger partial charge is 0.494 e. The van der Waals surface area contributed by atoms with Crippen LogP contribution >= 0.6 is 0 Å². The average Bonchev–Trinajstić information content (AvgIpc) is 2.50. The second kappa shape index (κ2) is 7.78. The molecule has 0 atom stereocenters. The third kappa shape index (κ3) is 4.44. The first-order valence-electron chi connectivity index (χ1n) is 7.54. The van der Waals surface area contributed by atoms with E-state index >= 15 is 0 Å². The van der Waals surface area contributed by atoms with Crippen LogP contribution in [0.15, 0.2) is 24.3 Å². The van der Waals surface area contributed by atoms with E-state index in [1.165, 1.54) is 6.42 Å². The number of ether oxygens (including phenoxy) is 1. The summed E-state index contributed by atoms with van der Waals surface area (Å²) in [5.41, 5.74) is 1.03. The van der Waals surface area contributed by atoms with Crippen LogP contribution in [0.5, 0.6) is 5.75 Å². The van der Waals surface area contributed by atoms with Crippen molar-refractivity contribution >= 4 is 11.6 Å². The molecule has 1 aliphatic heterocycles. The smallest absolute Gasteiger partial charge is 0.224 e.